The van der Waals surface area contributed by atoms with E-state index in [1.807, 2.05) is 25.1 Å². The summed E-state index contributed by atoms with van der Waals surface area (Å²) in [6, 6.07) is 12.5. The minimum Gasteiger partial charge on any atom is -0.324 e. The van der Waals surface area contributed by atoms with Gasteiger partial charge in [-0.2, -0.15) is 0 Å². The van der Waals surface area contributed by atoms with Gasteiger partial charge in [-0.15, -0.1) is 0 Å². The molecule has 0 saturated carbocycles. The molecule has 0 saturated heterocycles. The van der Waals surface area contributed by atoms with E-state index in [9.17, 15) is 13.2 Å². The Balaban J connectivity index is 2.03. The van der Waals surface area contributed by atoms with E-state index in [0.29, 0.717) is 11.3 Å². The first-order valence-corrected chi connectivity index (χ1v) is 10.2. The van der Waals surface area contributed by atoms with Crippen molar-refractivity contribution >= 4 is 53.3 Å². The Bertz CT molecular complexity index is 835. The van der Waals surface area contributed by atoms with Crippen LogP contribution in [0.5, 0.6) is 0 Å². The van der Waals surface area contributed by atoms with Gasteiger partial charge in [0, 0.05) is 8.95 Å². The fraction of sp³-hybridized carbons (Fsp3) is 0.188. The third-order valence-electron chi connectivity index (χ3n) is 3.03. The van der Waals surface area contributed by atoms with Gasteiger partial charge in [-0.05, 0) is 58.2 Å². The maximum absolute atomic E-state index is 12.2. The van der Waals surface area contributed by atoms with Crippen molar-refractivity contribution in [3.63, 3.8) is 0 Å². The van der Waals surface area contributed by atoms with E-state index < -0.39 is 21.5 Å². The lowest BCUT2D eigenvalue weighted by Crippen LogP contribution is -2.24. The van der Waals surface area contributed by atoms with Gasteiger partial charge in [0.1, 0.15) is 5.75 Å². The number of benzene rings is 2. The number of carbonyl (C=O) groups is 1. The van der Waals surface area contributed by atoms with Crippen molar-refractivity contribution in [3.8, 4) is 0 Å². The van der Waals surface area contributed by atoms with Gasteiger partial charge in [0.05, 0.1) is 11.4 Å². The molecule has 0 unspecified atom stereocenters. The molecule has 0 radical (unpaired) electrons. The van der Waals surface area contributed by atoms with E-state index in [-0.39, 0.29) is 5.75 Å². The monoisotopic (exact) mass is 459 g/mol. The fourth-order valence-electron chi connectivity index (χ4n) is 2.04. The molecule has 1 N–H and O–H groups in total. The lowest BCUT2D eigenvalue weighted by atomic mass is 10.2. The van der Waals surface area contributed by atoms with Crippen LogP contribution in [0.4, 0.5) is 5.69 Å². The Morgan fingerprint density at radius 2 is 1.87 bits per heavy atom. The Morgan fingerprint density at radius 1 is 1.13 bits per heavy atom. The highest BCUT2D eigenvalue weighted by molar-refractivity contribution is 9.10. The molecule has 0 aromatic heterocycles. The van der Waals surface area contributed by atoms with Gasteiger partial charge in [0.2, 0.25) is 5.91 Å². The molecule has 1 amide bonds. The average molecular weight is 461 g/mol. The number of halogens is 2. The van der Waals surface area contributed by atoms with Crippen LogP contribution in [0.3, 0.4) is 0 Å². The highest BCUT2D eigenvalue weighted by atomic mass is 79.9. The van der Waals surface area contributed by atoms with Crippen molar-refractivity contribution in [1.29, 1.82) is 0 Å². The molecule has 2 aromatic rings. The quantitative estimate of drug-likeness (QED) is 0.731. The van der Waals surface area contributed by atoms with Crippen LogP contribution in [0, 0.1) is 6.92 Å². The zero-order chi connectivity index (χ0) is 17.0. The summed E-state index contributed by atoms with van der Waals surface area (Å²) in [6.45, 7) is 1.93. The number of amides is 1. The van der Waals surface area contributed by atoms with Crippen LogP contribution >= 0.6 is 31.9 Å². The molecule has 7 heteroatoms. The summed E-state index contributed by atoms with van der Waals surface area (Å²) >= 11 is 6.65. The average Bonchev–Trinajstić information content (AvgIpc) is 2.40. The van der Waals surface area contributed by atoms with Crippen LogP contribution in [0.15, 0.2) is 51.4 Å². The molecular weight excluding hydrogens is 446 g/mol. The van der Waals surface area contributed by atoms with Gasteiger partial charge in [0.25, 0.3) is 0 Å². The maximum Gasteiger partial charge on any atom is 0.239 e. The summed E-state index contributed by atoms with van der Waals surface area (Å²) < 4.78 is 25.8. The number of nitrogens with one attached hydrogen (secondary N) is 1. The molecule has 0 aliphatic carbocycles. The van der Waals surface area contributed by atoms with Gasteiger partial charge in [-0.1, -0.05) is 34.1 Å². The van der Waals surface area contributed by atoms with Crippen molar-refractivity contribution in [3.05, 3.63) is 62.5 Å². The number of sulfone groups is 1. The van der Waals surface area contributed by atoms with Crippen LogP contribution in [0.25, 0.3) is 0 Å². The summed E-state index contributed by atoms with van der Waals surface area (Å²) in [7, 11) is -3.54. The van der Waals surface area contributed by atoms with E-state index in [0.717, 1.165) is 14.5 Å². The summed E-state index contributed by atoms with van der Waals surface area (Å²) in [5.41, 5.74) is 2.24. The van der Waals surface area contributed by atoms with Crippen LogP contribution in [-0.4, -0.2) is 20.1 Å². The van der Waals surface area contributed by atoms with Crippen molar-refractivity contribution in [2.24, 2.45) is 0 Å². The fourth-order valence-corrected chi connectivity index (χ4v) is 4.34. The molecule has 0 aliphatic rings. The summed E-state index contributed by atoms with van der Waals surface area (Å²) in [5.74, 6) is -1.28. The highest BCUT2D eigenvalue weighted by Gasteiger charge is 2.18. The number of rotatable bonds is 5. The Labute approximate surface area is 152 Å². The molecule has 2 aromatic carbocycles. The number of anilines is 1. The second-order valence-corrected chi connectivity index (χ2v) is 9.03. The van der Waals surface area contributed by atoms with Crippen LogP contribution in [0.2, 0.25) is 0 Å². The van der Waals surface area contributed by atoms with E-state index in [2.05, 4.69) is 37.2 Å². The normalized spacial score (nSPS) is 11.3. The van der Waals surface area contributed by atoms with Crippen molar-refractivity contribution in [1.82, 2.24) is 0 Å². The molecule has 122 valence electrons. The minimum atomic E-state index is -3.54. The van der Waals surface area contributed by atoms with E-state index in [1.54, 1.807) is 24.3 Å². The number of carbonyl (C=O) groups excluding carboxylic acids is 1. The molecule has 0 aliphatic heterocycles. The maximum atomic E-state index is 12.2. The summed E-state index contributed by atoms with van der Waals surface area (Å²) in [4.78, 5) is 12.0. The van der Waals surface area contributed by atoms with E-state index >= 15 is 0 Å². The third-order valence-corrected chi connectivity index (χ3v) is 5.65. The first-order valence-electron chi connectivity index (χ1n) is 6.76. The Kier molecular flexibility index (Phi) is 6.00. The summed E-state index contributed by atoms with van der Waals surface area (Å²) in [5, 5.41) is 2.62. The lowest BCUT2D eigenvalue weighted by molar-refractivity contribution is -0.113. The molecule has 4 nitrogen and oxygen atoms in total. The van der Waals surface area contributed by atoms with Gasteiger partial charge in [0.15, 0.2) is 9.84 Å². The standard InChI is InChI=1S/C16H15Br2NO3S/c1-11-5-6-15(14(18)7-11)19-16(20)10-23(21,22)9-12-3-2-4-13(17)8-12/h2-8H,9-10H2,1H3,(H,19,20). The smallest absolute Gasteiger partial charge is 0.239 e. The molecule has 0 bridgehead atoms. The Morgan fingerprint density at radius 3 is 2.52 bits per heavy atom. The minimum absolute atomic E-state index is 0.172. The van der Waals surface area contributed by atoms with Gasteiger partial charge in [-0.3, -0.25) is 4.79 Å². The molecule has 0 fully saturated rings. The summed E-state index contributed by atoms with van der Waals surface area (Å²) in [6.07, 6.45) is 0. The zero-order valence-corrected chi connectivity index (χ0v) is 16.3. The van der Waals surface area contributed by atoms with E-state index in [4.69, 9.17) is 0 Å². The van der Waals surface area contributed by atoms with Gasteiger partial charge in [-0.25, -0.2) is 8.42 Å². The molecule has 0 heterocycles. The van der Waals surface area contributed by atoms with Crippen molar-refractivity contribution in [2.45, 2.75) is 12.7 Å². The van der Waals surface area contributed by atoms with Crippen LogP contribution in [0.1, 0.15) is 11.1 Å². The number of hydrogen-bond acceptors (Lipinski definition) is 3. The number of aryl methyl sites for hydroxylation is 1. The highest BCUT2D eigenvalue weighted by Crippen LogP contribution is 2.23. The molecular formula is C16H15Br2NO3S. The largest absolute Gasteiger partial charge is 0.324 e. The SMILES string of the molecule is Cc1ccc(NC(=O)CS(=O)(=O)Cc2cccc(Br)c2)c(Br)c1. The van der Waals surface area contributed by atoms with Crippen molar-refractivity contribution < 1.29 is 13.2 Å². The Hall–Kier alpha value is -1.18. The second-order valence-electron chi connectivity index (χ2n) is 5.19. The number of hydrogen-bond donors (Lipinski definition) is 1. The molecule has 2 rings (SSSR count). The second kappa shape index (κ2) is 7.59. The first kappa shape index (κ1) is 18.2. The van der Waals surface area contributed by atoms with Gasteiger partial charge >= 0.3 is 0 Å². The molecule has 0 spiro atoms. The zero-order valence-electron chi connectivity index (χ0n) is 12.3. The molecule has 0 atom stereocenters. The topological polar surface area (TPSA) is 63.2 Å². The first-order chi connectivity index (χ1) is 10.7. The van der Waals surface area contributed by atoms with Crippen molar-refractivity contribution in [2.75, 3.05) is 11.1 Å². The van der Waals surface area contributed by atoms with Gasteiger partial charge < -0.3 is 5.32 Å². The van der Waals surface area contributed by atoms with E-state index in [1.165, 1.54) is 0 Å². The predicted molar refractivity (Wildman–Crippen MR) is 99.1 cm³/mol. The third kappa shape index (κ3) is 5.75. The predicted octanol–water partition coefficient (Wildman–Crippen LogP) is 4.07. The van der Waals surface area contributed by atoms with Crippen LogP contribution in [-0.2, 0) is 20.4 Å². The lowest BCUT2D eigenvalue weighted by Gasteiger charge is -2.09. The molecule has 23 heavy (non-hydrogen) atoms. The van der Waals surface area contributed by atoms with Crippen LogP contribution < -0.4 is 5.32 Å².